The summed E-state index contributed by atoms with van der Waals surface area (Å²) in [6, 6.07) is 7.76. The van der Waals surface area contributed by atoms with Crippen LogP contribution in [0.3, 0.4) is 0 Å². The number of benzene rings is 1. The first-order chi connectivity index (χ1) is 7.68. The van der Waals surface area contributed by atoms with Crippen LogP contribution in [0.1, 0.15) is 29.6 Å². The van der Waals surface area contributed by atoms with Crippen molar-refractivity contribution >= 4 is 37.8 Å². The van der Waals surface area contributed by atoms with Gasteiger partial charge in [0.15, 0.2) is 0 Å². The van der Waals surface area contributed by atoms with Crippen LogP contribution in [0.2, 0.25) is 0 Å². The third-order valence-electron chi connectivity index (χ3n) is 2.87. The number of alkyl halides is 1. The van der Waals surface area contributed by atoms with Crippen LogP contribution in [0.4, 0.5) is 0 Å². The fourth-order valence-electron chi connectivity index (χ4n) is 1.97. The first-order valence-electron chi connectivity index (χ1n) is 5.38. The zero-order chi connectivity index (χ0) is 11.5. The van der Waals surface area contributed by atoms with Crippen LogP contribution in [0.5, 0.6) is 0 Å². The molecule has 4 heteroatoms. The molecule has 0 bridgehead atoms. The van der Waals surface area contributed by atoms with Gasteiger partial charge in [-0.25, -0.2) is 0 Å². The van der Waals surface area contributed by atoms with Crippen molar-refractivity contribution in [2.75, 3.05) is 0 Å². The summed E-state index contributed by atoms with van der Waals surface area (Å²) < 4.78 is 0.844. The molecule has 1 aliphatic rings. The second kappa shape index (κ2) is 5.32. The second-order valence-electron chi connectivity index (χ2n) is 4.01. The van der Waals surface area contributed by atoms with Crippen molar-refractivity contribution in [3.63, 3.8) is 0 Å². The second-order valence-corrected chi connectivity index (χ2v) is 6.04. The van der Waals surface area contributed by atoms with Crippen LogP contribution < -0.4 is 5.32 Å². The molecule has 1 aromatic carbocycles. The zero-order valence-electron chi connectivity index (χ0n) is 8.75. The highest BCUT2D eigenvalue weighted by atomic mass is 79.9. The molecule has 0 aromatic heterocycles. The molecule has 0 aliphatic heterocycles. The van der Waals surface area contributed by atoms with Gasteiger partial charge in [0.2, 0.25) is 0 Å². The van der Waals surface area contributed by atoms with E-state index in [1.54, 1.807) is 0 Å². The number of amides is 1. The Balaban J connectivity index is 2.06. The van der Waals surface area contributed by atoms with Crippen LogP contribution >= 0.6 is 31.9 Å². The van der Waals surface area contributed by atoms with E-state index in [4.69, 9.17) is 0 Å². The molecule has 1 aliphatic carbocycles. The average Bonchev–Trinajstić information content (AvgIpc) is 2.65. The standard InChI is InChI=1S/C12H13Br2NO/c13-9-5-2-1-4-8(9)12(16)15-11-7-3-6-10(11)14/h1-2,4-5,10-11H,3,6-7H2,(H,15,16). The number of hydrogen-bond acceptors (Lipinski definition) is 1. The van der Waals surface area contributed by atoms with E-state index in [9.17, 15) is 4.79 Å². The minimum Gasteiger partial charge on any atom is -0.348 e. The number of nitrogens with one attached hydrogen (secondary N) is 1. The van der Waals surface area contributed by atoms with E-state index in [1.807, 2.05) is 24.3 Å². The van der Waals surface area contributed by atoms with Gasteiger partial charge in [-0.1, -0.05) is 34.5 Å². The first-order valence-corrected chi connectivity index (χ1v) is 7.09. The molecule has 2 unspecified atom stereocenters. The molecule has 2 rings (SSSR count). The third-order valence-corrected chi connectivity index (χ3v) is 4.65. The molecule has 0 heterocycles. The maximum absolute atomic E-state index is 12.0. The number of halogens is 2. The highest BCUT2D eigenvalue weighted by Crippen LogP contribution is 2.26. The van der Waals surface area contributed by atoms with Crippen LogP contribution in [-0.4, -0.2) is 16.8 Å². The van der Waals surface area contributed by atoms with Gasteiger partial charge in [0.1, 0.15) is 0 Å². The summed E-state index contributed by atoms with van der Waals surface area (Å²) in [5, 5.41) is 3.07. The van der Waals surface area contributed by atoms with Crippen molar-refractivity contribution in [1.82, 2.24) is 5.32 Å². The fraction of sp³-hybridized carbons (Fsp3) is 0.417. The molecule has 0 saturated heterocycles. The predicted octanol–water partition coefficient (Wildman–Crippen LogP) is 3.49. The van der Waals surface area contributed by atoms with E-state index in [1.165, 1.54) is 6.42 Å². The summed E-state index contributed by atoms with van der Waals surface area (Å²) >= 11 is 6.99. The predicted molar refractivity (Wildman–Crippen MR) is 72.0 cm³/mol. The van der Waals surface area contributed by atoms with Gasteiger partial charge < -0.3 is 5.32 Å². The molecule has 1 aromatic rings. The maximum Gasteiger partial charge on any atom is 0.252 e. The summed E-state index contributed by atoms with van der Waals surface area (Å²) in [5.74, 6) is 0.00354. The van der Waals surface area contributed by atoms with Crippen LogP contribution in [0.25, 0.3) is 0 Å². The van der Waals surface area contributed by atoms with Crippen LogP contribution in [-0.2, 0) is 0 Å². The molecule has 16 heavy (non-hydrogen) atoms. The molecule has 2 nitrogen and oxygen atoms in total. The average molecular weight is 347 g/mol. The fourth-order valence-corrected chi connectivity index (χ4v) is 3.15. The summed E-state index contributed by atoms with van der Waals surface area (Å²) in [4.78, 5) is 12.4. The van der Waals surface area contributed by atoms with E-state index in [0.717, 1.165) is 17.3 Å². The lowest BCUT2D eigenvalue weighted by molar-refractivity contribution is 0.0938. The van der Waals surface area contributed by atoms with Gasteiger partial charge in [-0.15, -0.1) is 0 Å². The number of carbonyl (C=O) groups excluding carboxylic acids is 1. The van der Waals surface area contributed by atoms with Gasteiger partial charge in [-0.3, -0.25) is 4.79 Å². The SMILES string of the molecule is O=C(NC1CCCC1Br)c1ccccc1Br. The Hall–Kier alpha value is -0.350. The van der Waals surface area contributed by atoms with E-state index in [-0.39, 0.29) is 11.9 Å². The minimum absolute atomic E-state index is 0.00354. The van der Waals surface area contributed by atoms with E-state index >= 15 is 0 Å². The van der Waals surface area contributed by atoms with Crippen molar-refractivity contribution < 1.29 is 4.79 Å². The Bertz CT molecular complexity index is 394. The van der Waals surface area contributed by atoms with Crippen molar-refractivity contribution in [3.05, 3.63) is 34.3 Å². The van der Waals surface area contributed by atoms with E-state index < -0.39 is 0 Å². The van der Waals surface area contributed by atoms with Crippen molar-refractivity contribution in [2.45, 2.75) is 30.1 Å². The number of carbonyl (C=O) groups is 1. The molecule has 1 N–H and O–H groups in total. The van der Waals surface area contributed by atoms with Crippen molar-refractivity contribution in [1.29, 1.82) is 0 Å². The zero-order valence-corrected chi connectivity index (χ0v) is 11.9. The molecular formula is C12H13Br2NO. The summed E-state index contributed by atoms with van der Waals surface area (Å²) in [6.45, 7) is 0. The largest absolute Gasteiger partial charge is 0.348 e. The van der Waals surface area contributed by atoms with Crippen LogP contribution in [0.15, 0.2) is 28.7 Å². The quantitative estimate of drug-likeness (QED) is 0.816. The van der Waals surface area contributed by atoms with Gasteiger partial charge >= 0.3 is 0 Å². The lowest BCUT2D eigenvalue weighted by Gasteiger charge is -2.16. The number of rotatable bonds is 2. The van der Waals surface area contributed by atoms with Gasteiger partial charge in [-0.05, 0) is 40.9 Å². The van der Waals surface area contributed by atoms with E-state index in [2.05, 4.69) is 37.2 Å². The Morgan fingerprint density at radius 3 is 2.69 bits per heavy atom. The highest BCUT2D eigenvalue weighted by molar-refractivity contribution is 9.10. The molecule has 86 valence electrons. The van der Waals surface area contributed by atoms with Crippen molar-refractivity contribution in [2.24, 2.45) is 0 Å². The minimum atomic E-state index is 0.00354. The molecule has 1 saturated carbocycles. The smallest absolute Gasteiger partial charge is 0.252 e. The molecule has 2 atom stereocenters. The molecule has 0 radical (unpaired) electrons. The third kappa shape index (κ3) is 2.66. The Morgan fingerprint density at radius 1 is 1.31 bits per heavy atom. The summed E-state index contributed by atoms with van der Waals surface area (Å²) in [7, 11) is 0. The topological polar surface area (TPSA) is 29.1 Å². The lowest BCUT2D eigenvalue weighted by atomic mass is 10.2. The Morgan fingerprint density at radius 2 is 2.06 bits per heavy atom. The molecule has 1 fully saturated rings. The van der Waals surface area contributed by atoms with Gasteiger partial charge in [0.25, 0.3) is 5.91 Å². The first kappa shape index (κ1) is 12.1. The Labute approximate surface area is 112 Å². The summed E-state index contributed by atoms with van der Waals surface area (Å²) in [6.07, 6.45) is 3.38. The van der Waals surface area contributed by atoms with Gasteiger partial charge in [0.05, 0.1) is 5.56 Å². The normalized spacial score (nSPS) is 24.4. The van der Waals surface area contributed by atoms with Gasteiger partial charge in [-0.2, -0.15) is 0 Å². The van der Waals surface area contributed by atoms with Gasteiger partial charge in [0, 0.05) is 15.3 Å². The van der Waals surface area contributed by atoms with Crippen molar-refractivity contribution in [3.8, 4) is 0 Å². The summed E-state index contributed by atoms with van der Waals surface area (Å²) in [5.41, 5.74) is 0.703. The maximum atomic E-state index is 12.0. The monoisotopic (exact) mass is 345 g/mol. The Kier molecular flexibility index (Phi) is 4.03. The molecule has 1 amide bonds. The number of hydrogen-bond donors (Lipinski definition) is 1. The van der Waals surface area contributed by atoms with Crippen LogP contribution in [0, 0.1) is 0 Å². The molecule has 0 spiro atoms. The van der Waals surface area contributed by atoms with E-state index in [0.29, 0.717) is 10.4 Å². The lowest BCUT2D eigenvalue weighted by Crippen LogP contribution is -2.37. The highest BCUT2D eigenvalue weighted by Gasteiger charge is 2.26. The molecular weight excluding hydrogens is 334 g/mol.